The molecule has 3 rings (SSSR count). The molecule has 0 spiro atoms. The van der Waals surface area contributed by atoms with Crippen molar-refractivity contribution in [1.29, 1.82) is 0 Å². The first-order valence-corrected chi connectivity index (χ1v) is 9.75. The highest BCUT2D eigenvalue weighted by Crippen LogP contribution is 2.39. The molecule has 2 unspecified atom stereocenters. The maximum absolute atomic E-state index is 13.4. The maximum Gasteiger partial charge on any atom is 0.321 e. The quantitative estimate of drug-likeness (QED) is 0.721. The highest BCUT2D eigenvalue weighted by Gasteiger charge is 2.44. The Morgan fingerprint density at radius 3 is 2.65 bits per heavy atom. The molecule has 0 saturated carbocycles. The van der Waals surface area contributed by atoms with Crippen LogP contribution in [-0.2, 0) is 5.60 Å². The lowest BCUT2D eigenvalue weighted by Gasteiger charge is -2.45. The predicted molar refractivity (Wildman–Crippen MR) is 118 cm³/mol. The third-order valence-corrected chi connectivity index (χ3v) is 5.49. The number of carbonyl (C=O) groups excluding carboxylic acids is 1. The van der Waals surface area contributed by atoms with Gasteiger partial charge in [-0.2, -0.15) is 0 Å². The van der Waals surface area contributed by atoms with Crippen LogP contribution in [0.5, 0.6) is 5.75 Å². The van der Waals surface area contributed by atoms with Crippen LogP contribution >= 0.6 is 12.4 Å². The summed E-state index contributed by atoms with van der Waals surface area (Å²) in [4.78, 5) is 16.3. The van der Waals surface area contributed by atoms with Crippen LogP contribution in [0, 0.1) is 17.6 Å². The van der Waals surface area contributed by atoms with Gasteiger partial charge in [-0.05, 0) is 50.3 Å². The molecule has 6 nitrogen and oxygen atoms in total. The standard InChI is InChI=1S/C22H27F2N3O3.ClH/c1-26(2)13-16-14-27(21(28)25-17-7-8-19(23)20(24)12-17)10-9-22(16,29)15-5-4-6-18(11-15)30-3;/h4-8,11-12,16,29H,9-10,13-14H2,1-3H3,(H,25,28);1H. The topological polar surface area (TPSA) is 65.0 Å². The van der Waals surface area contributed by atoms with E-state index in [1.807, 2.05) is 43.3 Å². The number of methoxy groups -OCH3 is 1. The number of halogens is 3. The Bertz CT molecular complexity index is 915. The fraction of sp³-hybridized carbons (Fsp3) is 0.409. The molecule has 1 aliphatic heterocycles. The number of amides is 2. The summed E-state index contributed by atoms with van der Waals surface area (Å²) < 4.78 is 31.9. The van der Waals surface area contributed by atoms with E-state index in [9.17, 15) is 18.7 Å². The zero-order valence-corrected chi connectivity index (χ0v) is 18.6. The molecule has 0 aliphatic carbocycles. The number of rotatable bonds is 5. The van der Waals surface area contributed by atoms with Crippen molar-refractivity contribution in [2.45, 2.75) is 12.0 Å². The first-order valence-electron chi connectivity index (χ1n) is 9.75. The van der Waals surface area contributed by atoms with E-state index in [0.717, 1.165) is 17.7 Å². The molecule has 0 bridgehead atoms. The van der Waals surface area contributed by atoms with E-state index in [1.165, 1.54) is 6.07 Å². The Morgan fingerprint density at radius 2 is 2.00 bits per heavy atom. The lowest BCUT2D eigenvalue weighted by Crippen LogP contribution is -2.55. The first kappa shape index (κ1) is 24.8. The molecule has 2 N–H and O–H groups in total. The molecular weight excluding hydrogens is 428 g/mol. The lowest BCUT2D eigenvalue weighted by molar-refractivity contribution is -0.0750. The second-order valence-electron chi connectivity index (χ2n) is 7.87. The zero-order valence-electron chi connectivity index (χ0n) is 17.8. The minimum absolute atomic E-state index is 0. The van der Waals surface area contributed by atoms with Crippen molar-refractivity contribution in [2.75, 3.05) is 46.2 Å². The third kappa shape index (κ3) is 5.64. The number of aliphatic hydroxyl groups is 1. The van der Waals surface area contributed by atoms with Crippen LogP contribution in [0.1, 0.15) is 12.0 Å². The van der Waals surface area contributed by atoms with Crippen LogP contribution in [-0.4, -0.2) is 61.8 Å². The minimum atomic E-state index is -1.13. The molecule has 2 amide bonds. The Morgan fingerprint density at radius 1 is 1.26 bits per heavy atom. The van der Waals surface area contributed by atoms with Crippen LogP contribution in [0.4, 0.5) is 19.3 Å². The SMILES string of the molecule is COc1cccc(C2(O)CCN(C(=O)Nc3ccc(F)c(F)c3)CC2CN(C)C)c1.Cl. The van der Waals surface area contributed by atoms with E-state index in [2.05, 4.69) is 5.32 Å². The van der Waals surface area contributed by atoms with Crippen molar-refractivity contribution in [3.8, 4) is 5.75 Å². The number of anilines is 1. The minimum Gasteiger partial charge on any atom is -0.497 e. The van der Waals surface area contributed by atoms with Gasteiger partial charge in [0.05, 0.1) is 12.7 Å². The van der Waals surface area contributed by atoms with Gasteiger partial charge in [-0.1, -0.05) is 12.1 Å². The van der Waals surface area contributed by atoms with E-state index in [-0.39, 0.29) is 24.0 Å². The summed E-state index contributed by atoms with van der Waals surface area (Å²) in [6.07, 6.45) is 0.337. The van der Waals surface area contributed by atoms with Crippen molar-refractivity contribution in [2.24, 2.45) is 5.92 Å². The van der Waals surface area contributed by atoms with Crippen LogP contribution in [0.3, 0.4) is 0 Å². The Hall–Kier alpha value is -2.42. The highest BCUT2D eigenvalue weighted by molar-refractivity contribution is 5.89. The highest BCUT2D eigenvalue weighted by atomic mass is 35.5. The van der Waals surface area contributed by atoms with Gasteiger partial charge in [-0.3, -0.25) is 0 Å². The van der Waals surface area contributed by atoms with Crippen molar-refractivity contribution in [3.63, 3.8) is 0 Å². The predicted octanol–water partition coefficient (Wildman–Crippen LogP) is 3.70. The molecule has 2 atom stereocenters. The zero-order chi connectivity index (χ0) is 21.9. The maximum atomic E-state index is 13.4. The molecule has 1 aliphatic rings. The second kappa shape index (κ2) is 10.3. The molecule has 1 fully saturated rings. The molecule has 0 radical (unpaired) electrons. The van der Waals surface area contributed by atoms with E-state index in [4.69, 9.17) is 4.74 Å². The summed E-state index contributed by atoms with van der Waals surface area (Å²) in [6, 6.07) is 10.1. The van der Waals surface area contributed by atoms with E-state index >= 15 is 0 Å². The monoisotopic (exact) mass is 455 g/mol. The number of nitrogens with zero attached hydrogens (tertiary/aromatic N) is 2. The molecular formula is C22H28ClF2N3O3. The Balaban J connectivity index is 0.00000341. The second-order valence-corrected chi connectivity index (χ2v) is 7.87. The van der Waals surface area contributed by atoms with Crippen molar-refractivity contribution in [3.05, 3.63) is 59.7 Å². The fourth-order valence-electron chi connectivity index (χ4n) is 3.90. The van der Waals surface area contributed by atoms with Gasteiger partial charge in [-0.25, -0.2) is 13.6 Å². The van der Waals surface area contributed by atoms with Gasteiger partial charge in [0.25, 0.3) is 0 Å². The smallest absolute Gasteiger partial charge is 0.321 e. The average Bonchev–Trinajstić information content (AvgIpc) is 2.72. The van der Waals surface area contributed by atoms with Crippen LogP contribution < -0.4 is 10.1 Å². The van der Waals surface area contributed by atoms with Gasteiger partial charge >= 0.3 is 6.03 Å². The third-order valence-electron chi connectivity index (χ3n) is 5.49. The number of piperidine rings is 1. The number of ether oxygens (including phenoxy) is 1. The van der Waals surface area contributed by atoms with Gasteiger partial charge in [0.15, 0.2) is 11.6 Å². The van der Waals surface area contributed by atoms with Crippen molar-refractivity contribution >= 4 is 24.1 Å². The lowest BCUT2D eigenvalue weighted by atomic mass is 9.75. The molecule has 0 aromatic heterocycles. The van der Waals surface area contributed by atoms with Gasteiger partial charge in [0, 0.05) is 37.3 Å². The molecule has 1 saturated heterocycles. The molecule has 170 valence electrons. The van der Waals surface area contributed by atoms with Crippen LogP contribution in [0.25, 0.3) is 0 Å². The van der Waals surface area contributed by atoms with Crippen molar-refractivity contribution < 1.29 is 23.4 Å². The summed E-state index contributed by atoms with van der Waals surface area (Å²) in [5, 5.41) is 14.2. The number of hydrogen-bond acceptors (Lipinski definition) is 4. The number of likely N-dealkylation sites (tertiary alicyclic amines) is 1. The summed E-state index contributed by atoms with van der Waals surface area (Å²) in [6.45, 7) is 1.18. The summed E-state index contributed by atoms with van der Waals surface area (Å²) >= 11 is 0. The fourth-order valence-corrected chi connectivity index (χ4v) is 3.90. The first-order chi connectivity index (χ1) is 14.2. The number of carbonyl (C=O) groups is 1. The Kier molecular flexibility index (Phi) is 8.22. The summed E-state index contributed by atoms with van der Waals surface area (Å²) in [5.74, 6) is -1.60. The van der Waals surface area contributed by atoms with E-state index in [0.29, 0.717) is 31.8 Å². The van der Waals surface area contributed by atoms with E-state index < -0.39 is 23.3 Å². The number of urea groups is 1. The van der Waals surface area contributed by atoms with E-state index in [1.54, 1.807) is 12.0 Å². The summed E-state index contributed by atoms with van der Waals surface area (Å²) in [7, 11) is 5.39. The number of benzene rings is 2. The number of hydrogen-bond donors (Lipinski definition) is 2. The molecule has 2 aromatic rings. The largest absolute Gasteiger partial charge is 0.497 e. The normalized spacial score (nSPS) is 20.9. The summed E-state index contributed by atoms with van der Waals surface area (Å²) in [5.41, 5.74) is -0.205. The van der Waals surface area contributed by atoms with Gasteiger partial charge in [-0.15, -0.1) is 12.4 Å². The molecule has 1 heterocycles. The molecule has 31 heavy (non-hydrogen) atoms. The molecule has 2 aromatic carbocycles. The van der Waals surface area contributed by atoms with Crippen molar-refractivity contribution in [1.82, 2.24) is 9.80 Å². The number of nitrogens with one attached hydrogen (secondary N) is 1. The van der Waals surface area contributed by atoms with Gasteiger partial charge < -0.3 is 25.0 Å². The van der Waals surface area contributed by atoms with Gasteiger partial charge in [0.1, 0.15) is 5.75 Å². The Labute approximate surface area is 187 Å². The van der Waals surface area contributed by atoms with Gasteiger partial charge in [0.2, 0.25) is 0 Å². The average molecular weight is 456 g/mol. The van der Waals surface area contributed by atoms with Crippen LogP contribution in [0.15, 0.2) is 42.5 Å². The molecule has 9 heteroatoms. The van der Waals surface area contributed by atoms with Crippen LogP contribution in [0.2, 0.25) is 0 Å².